The number of alkyl halides is 3. The minimum Gasteiger partial charge on any atom is -0.481 e. The predicted molar refractivity (Wildman–Crippen MR) is 135 cm³/mol. The Labute approximate surface area is 213 Å². The highest BCUT2D eigenvalue weighted by Gasteiger charge is 2.31. The molecular weight excluding hydrogens is 471 g/mol. The number of hydrogen-bond donors (Lipinski definition) is 1. The Balaban J connectivity index is 1.92. The Morgan fingerprint density at radius 1 is 1.28 bits per heavy atom. The van der Waals surface area contributed by atoms with E-state index in [1.807, 2.05) is 0 Å². The van der Waals surface area contributed by atoms with Gasteiger partial charge in [0.25, 0.3) is 0 Å². The fourth-order valence-electron chi connectivity index (χ4n) is 4.42. The number of hydrogen-bond acceptors (Lipinski definition) is 4. The van der Waals surface area contributed by atoms with E-state index in [1.54, 1.807) is 19.9 Å². The fourth-order valence-corrected chi connectivity index (χ4v) is 4.42. The van der Waals surface area contributed by atoms with Crippen LogP contribution in [0, 0.1) is 5.92 Å². The number of carboxylic acids is 1. The van der Waals surface area contributed by atoms with Crippen molar-refractivity contribution in [1.29, 1.82) is 0 Å². The number of carbonyl (C=O) groups is 1. The lowest BCUT2D eigenvalue weighted by molar-refractivity contribution is -0.303. The standard InChI is InChI=1S/C28H40F3NO4/c1-21(2)26(36-28(29,30)31)13-4-5-16-35-20-24-11-6-9-22(3)17-25(18-24)32-15-8-12-23(19-32)10-7-14-27(33)34/h4,11,13,17-18,23H,5-10,12,14-16,19-20H2,1-3H3,(H,33,34)/b13-4-,22-17+,24-11?,25-18?/t23-/m1/s1. The van der Waals surface area contributed by atoms with Gasteiger partial charge in [-0.3, -0.25) is 4.79 Å². The Morgan fingerprint density at radius 2 is 2.06 bits per heavy atom. The van der Waals surface area contributed by atoms with E-state index in [9.17, 15) is 18.0 Å². The molecule has 0 saturated carbocycles. The zero-order chi connectivity index (χ0) is 26.6. The minimum atomic E-state index is -4.71. The Morgan fingerprint density at radius 3 is 2.75 bits per heavy atom. The van der Waals surface area contributed by atoms with Gasteiger partial charge in [-0.2, -0.15) is 0 Å². The van der Waals surface area contributed by atoms with Crippen molar-refractivity contribution in [2.75, 3.05) is 26.3 Å². The number of allylic oxidation sites excluding steroid dienone is 5. The third kappa shape index (κ3) is 12.0. The van der Waals surface area contributed by atoms with Crippen LogP contribution in [0.2, 0.25) is 0 Å². The van der Waals surface area contributed by atoms with Crippen LogP contribution in [0.4, 0.5) is 13.2 Å². The molecule has 0 unspecified atom stereocenters. The molecule has 0 spiro atoms. The maximum atomic E-state index is 12.5. The SMILES string of the molecule is CC(C)=C(/C=C\CCOCC1=CCC/C(C)=C/C(N2CCC[C@@H](CCCC(=O)O)C2)=C1)OC(F)(F)F. The molecule has 1 atom stereocenters. The van der Waals surface area contributed by atoms with Gasteiger partial charge in [-0.1, -0.05) is 17.7 Å². The van der Waals surface area contributed by atoms with E-state index in [1.165, 1.54) is 17.3 Å². The van der Waals surface area contributed by atoms with Crippen molar-refractivity contribution in [2.24, 2.45) is 5.92 Å². The van der Waals surface area contributed by atoms with Crippen LogP contribution in [-0.2, 0) is 14.3 Å². The van der Waals surface area contributed by atoms with E-state index in [2.05, 4.69) is 34.8 Å². The minimum absolute atomic E-state index is 0.192. The summed E-state index contributed by atoms with van der Waals surface area (Å²) in [6.45, 7) is 8.04. The molecule has 0 amide bonds. The molecule has 1 N–H and O–H groups in total. The normalized spacial score (nSPS) is 20.7. The first-order valence-electron chi connectivity index (χ1n) is 12.8. The molecule has 2 rings (SSSR count). The monoisotopic (exact) mass is 511 g/mol. The third-order valence-electron chi connectivity index (χ3n) is 6.25. The molecule has 36 heavy (non-hydrogen) atoms. The summed E-state index contributed by atoms with van der Waals surface area (Å²) in [7, 11) is 0. The second-order valence-electron chi connectivity index (χ2n) is 9.77. The molecule has 0 aromatic carbocycles. The predicted octanol–water partition coefficient (Wildman–Crippen LogP) is 7.30. The molecule has 1 saturated heterocycles. The van der Waals surface area contributed by atoms with Gasteiger partial charge in [0.05, 0.1) is 13.2 Å². The molecule has 2 aliphatic rings. The Bertz CT molecular complexity index is 880. The van der Waals surface area contributed by atoms with Crippen LogP contribution in [-0.4, -0.2) is 48.6 Å². The van der Waals surface area contributed by atoms with Crippen LogP contribution in [0.3, 0.4) is 0 Å². The molecule has 5 nitrogen and oxygen atoms in total. The summed E-state index contributed by atoms with van der Waals surface area (Å²) in [4.78, 5) is 13.3. The molecule has 1 aliphatic carbocycles. The van der Waals surface area contributed by atoms with Crippen molar-refractivity contribution in [2.45, 2.75) is 78.5 Å². The summed E-state index contributed by atoms with van der Waals surface area (Å²) in [6, 6.07) is 0. The van der Waals surface area contributed by atoms with Gasteiger partial charge in [-0.25, -0.2) is 0 Å². The number of ether oxygens (including phenoxy) is 2. The smallest absolute Gasteiger partial charge is 0.481 e. The average Bonchev–Trinajstić information content (AvgIpc) is 2.77. The topological polar surface area (TPSA) is 59.0 Å². The van der Waals surface area contributed by atoms with Gasteiger partial charge >= 0.3 is 12.3 Å². The first-order valence-corrected chi connectivity index (χ1v) is 12.8. The van der Waals surface area contributed by atoms with Crippen molar-refractivity contribution in [1.82, 2.24) is 4.90 Å². The van der Waals surface area contributed by atoms with E-state index >= 15 is 0 Å². The molecular formula is C28H40F3NO4. The number of piperidine rings is 1. The maximum Gasteiger partial charge on any atom is 0.573 e. The van der Waals surface area contributed by atoms with Crippen molar-refractivity contribution in [3.8, 4) is 0 Å². The number of rotatable bonds is 12. The molecule has 0 bridgehead atoms. The van der Waals surface area contributed by atoms with Gasteiger partial charge in [0.2, 0.25) is 0 Å². The van der Waals surface area contributed by atoms with E-state index in [0.717, 1.165) is 50.8 Å². The molecule has 0 aromatic heterocycles. The van der Waals surface area contributed by atoms with E-state index in [-0.39, 0.29) is 12.2 Å². The van der Waals surface area contributed by atoms with Gasteiger partial charge in [-0.05, 0) is 101 Å². The number of likely N-dealkylation sites (tertiary alicyclic amines) is 1. The molecule has 0 radical (unpaired) electrons. The van der Waals surface area contributed by atoms with E-state index in [4.69, 9.17) is 9.84 Å². The lowest BCUT2D eigenvalue weighted by Crippen LogP contribution is -2.34. The fraction of sp³-hybridized carbons (Fsp3) is 0.607. The van der Waals surface area contributed by atoms with Crippen LogP contribution in [0.1, 0.15) is 72.1 Å². The van der Waals surface area contributed by atoms with Gasteiger partial charge in [0.15, 0.2) is 0 Å². The molecule has 1 aliphatic heterocycles. The van der Waals surface area contributed by atoms with Crippen LogP contribution in [0.5, 0.6) is 0 Å². The van der Waals surface area contributed by atoms with Gasteiger partial charge in [0, 0.05) is 25.2 Å². The molecule has 1 fully saturated rings. The van der Waals surface area contributed by atoms with Crippen molar-refractivity contribution >= 4 is 5.97 Å². The van der Waals surface area contributed by atoms with Gasteiger partial charge in [0.1, 0.15) is 5.76 Å². The summed E-state index contributed by atoms with van der Waals surface area (Å²) < 4.78 is 47.4. The highest BCUT2D eigenvalue weighted by Crippen LogP contribution is 2.28. The van der Waals surface area contributed by atoms with Gasteiger partial charge in [-0.15, -0.1) is 13.2 Å². The zero-order valence-corrected chi connectivity index (χ0v) is 21.7. The summed E-state index contributed by atoms with van der Waals surface area (Å²) in [5.74, 6) is -0.426. The number of nitrogens with zero attached hydrogens (tertiary/aromatic N) is 1. The zero-order valence-electron chi connectivity index (χ0n) is 21.7. The van der Waals surface area contributed by atoms with Crippen molar-refractivity contribution in [3.05, 3.63) is 58.6 Å². The second-order valence-corrected chi connectivity index (χ2v) is 9.77. The largest absolute Gasteiger partial charge is 0.573 e. The molecule has 0 aromatic rings. The lowest BCUT2D eigenvalue weighted by atomic mass is 9.91. The second kappa shape index (κ2) is 14.9. The quantitative estimate of drug-likeness (QED) is 0.169. The molecule has 1 heterocycles. The summed E-state index contributed by atoms with van der Waals surface area (Å²) >= 11 is 0. The number of aliphatic carboxylic acids is 1. The Hall–Kier alpha value is -2.48. The van der Waals surface area contributed by atoms with E-state index in [0.29, 0.717) is 37.5 Å². The summed E-state index contributed by atoms with van der Waals surface area (Å²) in [5, 5.41) is 8.92. The van der Waals surface area contributed by atoms with Crippen molar-refractivity contribution in [3.63, 3.8) is 0 Å². The lowest BCUT2D eigenvalue weighted by Gasteiger charge is -2.36. The van der Waals surface area contributed by atoms with Gasteiger partial charge < -0.3 is 19.5 Å². The Kier molecular flexibility index (Phi) is 12.3. The number of halogens is 3. The molecule has 202 valence electrons. The average molecular weight is 512 g/mol. The summed E-state index contributed by atoms with van der Waals surface area (Å²) in [5.41, 5.74) is 4.04. The van der Waals surface area contributed by atoms with Crippen LogP contribution >= 0.6 is 0 Å². The van der Waals surface area contributed by atoms with Crippen LogP contribution in [0.15, 0.2) is 58.6 Å². The van der Waals surface area contributed by atoms with E-state index < -0.39 is 12.3 Å². The first kappa shape index (κ1) is 29.7. The highest BCUT2D eigenvalue weighted by molar-refractivity contribution is 5.66. The third-order valence-corrected chi connectivity index (χ3v) is 6.25. The summed E-state index contributed by atoms with van der Waals surface area (Å²) in [6.07, 6.45) is 11.4. The molecule has 8 heteroatoms. The van der Waals surface area contributed by atoms with Crippen molar-refractivity contribution < 1.29 is 32.5 Å². The van der Waals surface area contributed by atoms with Crippen LogP contribution < -0.4 is 0 Å². The van der Waals surface area contributed by atoms with Crippen LogP contribution in [0.25, 0.3) is 0 Å². The first-order chi connectivity index (χ1) is 17.0. The highest BCUT2D eigenvalue weighted by atomic mass is 19.4. The number of carboxylic acid groups (broad SMARTS) is 1. The maximum absolute atomic E-state index is 12.5.